The molecule has 0 unspecified atom stereocenters. The topological polar surface area (TPSA) is 49.9 Å². The van der Waals surface area contributed by atoms with Gasteiger partial charge in [-0.2, -0.15) is 0 Å². The van der Waals surface area contributed by atoms with Crippen LogP contribution in [0.15, 0.2) is 17.0 Å². The summed E-state index contributed by atoms with van der Waals surface area (Å²) < 4.78 is 45.9. The Hall–Kier alpha value is -1.18. The first-order valence-electron chi connectivity index (χ1n) is 7.75. The molecule has 0 aromatic heterocycles. The van der Waals surface area contributed by atoms with E-state index in [1.54, 1.807) is 7.05 Å². The van der Waals surface area contributed by atoms with Gasteiger partial charge < -0.3 is 9.64 Å². The zero-order valence-electron chi connectivity index (χ0n) is 14.2. The van der Waals surface area contributed by atoms with E-state index in [4.69, 9.17) is 4.74 Å². The average Bonchev–Trinajstić information content (AvgIpc) is 2.49. The first-order chi connectivity index (χ1) is 10.8. The second kappa shape index (κ2) is 7.15. The van der Waals surface area contributed by atoms with E-state index in [1.165, 1.54) is 30.5 Å². The minimum Gasteiger partial charge on any atom is -0.494 e. The van der Waals surface area contributed by atoms with Crippen molar-refractivity contribution in [2.45, 2.75) is 24.7 Å². The van der Waals surface area contributed by atoms with Crippen molar-refractivity contribution >= 4 is 10.0 Å². The predicted octanol–water partition coefficient (Wildman–Crippen LogP) is 2.11. The standard InChI is InChI=1S/C16H25FN2O3S/c1-12-15(8-7-14(22-4)16(12)17)23(20,21)19(3)11-13-6-5-9-18(2)10-13/h7-8,13H,5-6,9-11H2,1-4H3/t13-/m0/s1. The van der Waals surface area contributed by atoms with E-state index in [1.807, 2.05) is 7.05 Å². The van der Waals surface area contributed by atoms with Crippen molar-refractivity contribution < 1.29 is 17.5 Å². The van der Waals surface area contributed by atoms with Crippen LogP contribution in [-0.2, 0) is 10.0 Å². The van der Waals surface area contributed by atoms with E-state index >= 15 is 0 Å². The minimum atomic E-state index is -3.71. The first kappa shape index (κ1) is 18.2. The number of likely N-dealkylation sites (tertiary alicyclic amines) is 1. The van der Waals surface area contributed by atoms with E-state index < -0.39 is 15.8 Å². The van der Waals surface area contributed by atoms with Crippen molar-refractivity contribution in [3.05, 3.63) is 23.5 Å². The Bertz CT molecular complexity index is 664. The highest BCUT2D eigenvalue weighted by Crippen LogP contribution is 2.28. The lowest BCUT2D eigenvalue weighted by Crippen LogP contribution is -2.40. The minimum absolute atomic E-state index is 0.00228. The maximum Gasteiger partial charge on any atom is 0.243 e. The Morgan fingerprint density at radius 3 is 2.74 bits per heavy atom. The van der Waals surface area contributed by atoms with Crippen LogP contribution in [-0.4, -0.2) is 58.5 Å². The quantitative estimate of drug-likeness (QED) is 0.821. The SMILES string of the molecule is COc1ccc(S(=O)(=O)N(C)C[C@H]2CCCN(C)C2)c(C)c1F. The maximum atomic E-state index is 14.2. The van der Waals surface area contributed by atoms with Crippen LogP contribution < -0.4 is 4.74 Å². The molecule has 1 aliphatic heterocycles. The average molecular weight is 344 g/mol. The van der Waals surface area contributed by atoms with Gasteiger partial charge in [-0.15, -0.1) is 0 Å². The predicted molar refractivity (Wildman–Crippen MR) is 87.7 cm³/mol. The molecule has 23 heavy (non-hydrogen) atoms. The molecular formula is C16H25FN2O3S. The molecule has 1 atom stereocenters. The number of piperidine rings is 1. The summed E-state index contributed by atoms with van der Waals surface area (Å²) in [6, 6.07) is 2.77. The fourth-order valence-electron chi connectivity index (χ4n) is 3.13. The summed E-state index contributed by atoms with van der Waals surface area (Å²) in [4.78, 5) is 2.22. The summed E-state index contributed by atoms with van der Waals surface area (Å²) in [6.07, 6.45) is 2.09. The molecule has 0 amide bonds. The molecule has 0 bridgehead atoms. The van der Waals surface area contributed by atoms with Crippen LogP contribution in [0.5, 0.6) is 5.75 Å². The summed E-state index contributed by atoms with van der Waals surface area (Å²) in [5, 5.41) is 0. The van der Waals surface area contributed by atoms with Gasteiger partial charge in [0.15, 0.2) is 11.6 Å². The van der Waals surface area contributed by atoms with Gasteiger partial charge >= 0.3 is 0 Å². The molecule has 0 aliphatic carbocycles. The van der Waals surface area contributed by atoms with Crippen LogP contribution in [0.1, 0.15) is 18.4 Å². The molecule has 1 saturated heterocycles. The van der Waals surface area contributed by atoms with Crippen molar-refractivity contribution in [2.75, 3.05) is 40.8 Å². The van der Waals surface area contributed by atoms with Crippen LogP contribution in [0.3, 0.4) is 0 Å². The third-order valence-corrected chi connectivity index (χ3v) is 6.41. The number of hydrogen-bond acceptors (Lipinski definition) is 4. The van der Waals surface area contributed by atoms with Crippen LogP contribution in [0.2, 0.25) is 0 Å². The highest BCUT2D eigenvalue weighted by Gasteiger charge is 2.28. The van der Waals surface area contributed by atoms with Crippen molar-refractivity contribution in [1.29, 1.82) is 0 Å². The number of sulfonamides is 1. The van der Waals surface area contributed by atoms with Crippen molar-refractivity contribution in [1.82, 2.24) is 9.21 Å². The third kappa shape index (κ3) is 3.84. The van der Waals surface area contributed by atoms with Crippen molar-refractivity contribution in [3.63, 3.8) is 0 Å². The lowest BCUT2D eigenvalue weighted by atomic mass is 9.99. The van der Waals surface area contributed by atoms with E-state index in [-0.39, 0.29) is 16.2 Å². The Morgan fingerprint density at radius 2 is 2.13 bits per heavy atom. The number of nitrogens with zero attached hydrogens (tertiary/aromatic N) is 2. The van der Waals surface area contributed by atoms with Gasteiger partial charge in [0.1, 0.15) is 0 Å². The van der Waals surface area contributed by atoms with E-state index in [0.29, 0.717) is 12.5 Å². The van der Waals surface area contributed by atoms with Gasteiger partial charge in [-0.05, 0) is 51.4 Å². The molecule has 7 heteroatoms. The Kier molecular flexibility index (Phi) is 5.65. The summed E-state index contributed by atoms with van der Waals surface area (Å²) >= 11 is 0. The van der Waals surface area contributed by atoms with Crippen molar-refractivity contribution in [3.8, 4) is 5.75 Å². The van der Waals surface area contributed by atoms with E-state index in [9.17, 15) is 12.8 Å². The first-order valence-corrected chi connectivity index (χ1v) is 9.19. The summed E-state index contributed by atoms with van der Waals surface area (Å²) in [7, 11) is 1.25. The molecule has 1 heterocycles. The highest BCUT2D eigenvalue weighted by atomic mass is 32.2. The van der Waals surface area contributed by atoms with Crippen LogP contribution in [0, 0.1) is 18.7 Å². The molecule has 1 aromatic carbocycles. The molecule has 0 N–H and O–H groups in total. The van der Waals surface area contributed by atoms with Crippen LogP contribution in [0.4, 0.5) is 4.39 Å². The molecule has 1 aromatic rings. The number of hydrogen-bond donors (Lipinski definition) is 0. The zero-order chi connectivity index (χ0) is 17.2. The van der Waals surface area contributed by atoms with Crippen molar-refractivity contribution in [2.24, 2.45) is 5.92 Å². The lowest BCUT2D eigenvalue weighted by molar-refractivity contribution is 0.192. The summed E-state index contributed by atoms with van der Waals surface area (Å²) in [6.45, 7) is 3.85. The fourth-order valence-corrected chi connectivity index (χ4v) is 4.59. The monoisotopic (exact) mass is 344 g/mol. The molecule has 0 spiro atoms. The largest absolute Gasteiger partial charge is 0.494 e. The van der Waals surface area contributed by atoms with Gasteiger partial charge in [0, 0.05) is 25.7 Å². The van der Waals surface area contributed by atoms with E-state index in [0.717, 1.165) is 25.9 Å². The van der Waals surface area contributed by atoms with Gasteiger partial charge in [0.05, 0.1) is 12.0 Å². The Balaban J connectivity index is 2.22. The number of ether oxygens (including phenoxy) is 1. The fraction of sp³-hybridized carbons (Fsp3) is 0.625. The number of halogens is 1. The smallest absolute Gasteiger partial charge is 0.243 e. The zero-order valence-corrected chi connectivity index (χ0v) is 15.0. The second-order valence-electron chi connectivity index (χ2n) is 6.26. The highest BCUT2D eigenvalue weighted by molar-refractivity contribution is 7.89. The van der Waals surface area contributed by atoms with Crippen LogP contribution in [0.25, 0.3) is 0 Å². The normalized spacial score (nSPS) is 20.0. The molecular weight excluding hydrogens is 319 g/mol. The number of benzene rings is 1. The second-order valence-corrected chi connectivity index (χ2v) is 8.27. The molecule has 130 valence electrons. The summed E-state index contributed by atoms with van der Waals surface area (Å²) in [5.74, 6) is -0.269. The molecule has 1 aliphatic rings. The van der Waals surface area contributed by atoms with Gasteiger partial charge in [0.2, 0.25) is 10.0 Å². The van der Waals surface area contributed by atoms with E-state index in [2.05, 4.69) is 4.90 Å². The molecule has 2 rings (SSSR count). The van der Waals surface area contributed by atoms with Crippen LogP contribution >= 0.6 is 0 Å². The molecule has 5 nitrogen and oxygen atoms in total. The summed E-state index contributed by atoms with van der Waals surface area (Å²) in [5.41, 5.74) is 0.0944. The lowest BCUT2D eigenvalue weighted by Gasteiger charge is -2.32. The van der Waals surface area contributed by atoms with Gasteiger partial charge in [-0.3, -0.25) is 0 Å². The number of rotatable bonds is 5. The Morgan fingerprint density at radius 1 is 1.43 bits per heavy atom. The van der Waals surface area contributed by atoms with Gasteiger partial charge in [-0.25, -0.2) is 17.1 Å². The van der Waals surface area contributed by atoms with Gasteiger partial charge in [0.25, 0.3) is 0 Å². The van der Waals surface area contributed by atoms with Gasteiger partial charge in [-0.1, -0.05) is 0 Å². The molecule has 0 saturated carbocycles. The maximum absolute atomic E-state index is 14.2. The third-order valence-electron chi connectivity index (χ3n) is 4.45. The Labute approximate surface area is 138 Å². The number of methoxy groups -OCH3 is 1. The molecule has 0 radical (unpaired) electrons. The molecule has 1 fully saturated rings.